The Hall–Kier alpha value is -1.35. The van der Waals surface area contributed by atoms with Gasteiger partial charge in [0.15, 0.2) is 0 Å². The Morgan fingerprint density at radius 3 is 2.43 bits per heavy atom. The Labute approximate surface area is 127 Å². The molecule has 0 bridgehead atoms. The molecule has 2 fully saturated rings. The third-order valence-corrected chi connectivity index (χ3v) is 4.76. The van der Waals surface area contributed by atoms with Gasteiger partial charge >= 0.3 is 0 Å². The van der Waals surface area contributed by atoms with E-state index in [-0.39, 0.29) is 18.1 Å². The first-order valence-electron chi connectivity index (χ1n) is 8.21. The highest BCUT2D eigenvalue weighted by atomic mass is 16.2. The number of hydrogen-bond acceptors (Lipinski definition) is 2. The van der Waals surface area contributed by atoms with E-state index in [2.05, 4.69) is 55.3 Å². The topological polar surface area (TPSA) is 32.3 Å². The number of amides is 1. The zero-order valence-electron chi connectivity index (χ0n) is 13.3. The number of carbonyl (C=O) groups excluding carboxylic acids is 1. The lowest BCUT2D eigenvalue weighted by Gasteiger charge is -2.30. The average Bonchev–Trinajstić information content (AvgIpc) is 3.26. The maximum atomic E-state index is 12.9. The molecule has 1 aromatic carbocycles. The number of rotatable bonds is 5. The summed E-state index contributed by atoms with van der Waals surface area (Å²) in [5.41, 5.74) is 1.20. The summed E-state index contributed by atoms with van der Waals surface area (Å²) in [5.74, 6) is 1.51. The van der Waals surface area contributed by atoms with Crippen molar-refractivity contribution in [3.63, 3.8) is 0 Å². The fraction of sp³-hybridized carbons (Fsp3) is 0.611. The summed E-state index contributed by atoms with van der Waals surface area (Å²) in [4.78, 5) is 15.0. The number of nitrogens with one attached hydrogen (secondary N) is 1. The zero-order chi connectivity index (χ0) is 15.0. The van der Waals surface area contributed by atoms with E-state index in [0.29, 0.717) is 17.9 Å². The predicted molar refractivity (Wildman–Crippen MR) is 84.6 cm³/mol. The molecule has 0 radical (unpaired) electrons. The van der Waals surface area contributed by atoms with Crippen molar-refractivity contribution in [1.82, 2.24) is 10.2 Å². The quantitative estimate of drug-likeness (QED) is 0.900. The molecule has 1 saturated carbocycles. The second-order valence-corrected chi connectivity index (χ2v) is 6.99. The molecule has 3 atom stereocenters. The molecular formula is C18H26N2O. The summed E-state index contributed by atoms with van der Waals surface area (Å²) in [6.45, 7) is 6.57. The summed E-state index contributed by atoms with van der Waals surface area (Å²) >= 11 is 0. The SMILES string of the molecule is CC(C)CC1NC(c2ccccc2)N(C(C)C2CC2)C1=O. The first-order valence-corrected chi connectivity index (χ1v) is 8.21. The van der Waals surface area contributed by atoms with Crippen LogP contribution in [0.25, 0.3) is 0 Å². The summed E-state index contributed by atoms with van der Waals surface area (Å²) in [7, 11) is 0. The molecule has 3 unspecified atom stereocenters. The molecule has 0 spiro atoms. The van der Waals surface area contributed by atoms with Crippen LogP contribution in [0.2, 0.25) is 0 Å². The molecule has 1 aliphatic carbocycles. The highest BCUT2D eigenvalue weighted by Gasteiger charge is 2.45. The second-order valence-electron chi connectivity index (χ2n) is 6.99. The second kappa shape index (κ2) is 5.80. The van der Waals surface area contributed by atoms with Gasteiger partial charge in [-0.25, -0.2) is 0 Å². The van der Waals surface area contributed by atoms with Crippen molar-refractivity contribution in [2.75, 3.05) is 0 Å². The van der Waals surface area contributed by atoms with Crippen LogP contribution in [0.1, 0.15) is 51.8 Å². The molecule has 3 heteroatoms. The Bertz CT molecular complexity index is 495. The molecule has 1 N–H and O–H groups in total. The average molecular weight is 286 g/mol. The minimum Gasteiger partial charge on any atom is -0.319 e. The van der Waals surface area contributed by atoms with Crippen molar-refractivity contribution in [2.45, 2.75) is 58.3 Å². The smallest absolute Gasteiger partial charge is 0.241 e. The Kier molecular flexibility index (Phi) is 4.03. The Morgan fingerprint density at radius 1 is 1.19 bits per heavy atom. The monoisotopic (exact) mass is 286 g/mol. The van der Waals surface area contributed by atoms with Crippen molar-refractivity contribution >= 4 is 5.91 Å². The van der Waals surface area contributed by atoms with Crippen LogP contribution in [0.3, 0.4) is 0 Å². The number of carbonyl (C=O) groups is 1. The summed E-state index contributed by atoms with van der Waals surface area (Å²) in [6, 6.07) is 10.7. The van der Waals surface area contributed by atoms with Gasteiger partial charge in [-0.2, -0.15) is 0 Å². The molecule has 2 aliphatic rings. The van der Waals surface area contributed by atoms with E-state index in [4.69, 9.17) is 0 Å². The third-order valence-electron chi connectivity index (χ3n) is 4.76. The maximum absolute atomic E-state index is 12.9. The van der Waals surface area contributed by atoms with Gasteiger partial charge in [-0.1, -0.05) is 44.2 Å². The molecule has 1 amide bonds. The van der Waals surface area contributed by atoms with Gasteiger partial charge in [0.25, 0.3) is 0 Å². The van der Waals surface area contributed by atoms with Crippen LogP contribution in [0.5, 0.6) is 0 Å². The van der Waals surface area contributed by atoms with E-state index >= 15 is 0 Å². The van der Waals surface area contributed by atoms with Gasteiger partial charge in [-0.05, 0) is 43.6 Å². The van der Waals surface area contributed by atoms with Gasteiger partial charge in [0, 0.05) is 6.04 Å². The largest absolute Gasteiger partial charge is 0.319 e. The van der Waals surface area contributed by atoms with Crippen LogP contribution < -0.4 is 5.32 Å². The molecule has 114 valence electrons. The van der Waals surface area contributed by atoms with Gasteiger partial charge in [0.05, 0.1) is 6.04 Å². The standard InChI is InChI=1S/C18H26N2O/c1-12(2)11-16-18(21)20(13(3)14-9-10-14)17(19-16)15-7-5-4-6-8-15/h4-8,12-14,16-17,19H,9-11H2,1-3H3. The number of nitrogens with zero attached hydrogens (tertiary/aromatic N) is 1. The van der Waals surface area contributed by atoms with Gasteiger partial charge in [-0.15, -0.1) is 0 Å². The van der Waals surface area contributed by atoms with E-state index in [1.807, 2.05) is 6.07 Å². The maximum Gasteiger partial charge on any atom is 0.241 e. The molecule has 1 aromatic rings. The molecule has 3 rings (SSSR count). The van der Waals surface area contributed by atoms with Gasteiger partial charge in [0.1, 0.15) is 6.17 Å². The fourth-order valence-corrected chi connectivity index (χ4v) is 3.42. The van der Waals surface area contributed by atoms with Crippen LogP contribution in [-0.4, -0.2) is 22.9 Å². The lowest BCUT2D eigenvalue weighted by atomic mass is 10.0. The van der Waals surface area contributed by atoms with Crippen LogP contribution in [0.15, 0.2) is 30.3 Å². The molecule has 1 aliphatic heterocycles. The molecule has 3 nitrogen and oxygen atoms in total. The minimum atomic E-state index is -0.0311. The fourth-order valence-electron chi connectivity index (χ4n) is 3.42. The summed E-state index contributed by atoms with van der Waals surface area (Å²) < 4.78 is 0. The summed E-state index contributed by atoms with van der Waals surface area (Å²) in [6.07, 6.45) is 3.48. The number of benzene rings is 1. The van der Waals surface area contributed by atoms with Crippen LogP contribution >= 0.6 is 0 Å². The van der Waals surface area contributed by atoms with Gasteiger partial charge in [0.2, 0.25) is 5.91 Å². The van der Waals surface area contributed by atoms with E-state index in [1.54, 1.807) is 0 Å². The normalized spacial score (nSPS) is 27.4. The molecule has 1 saturated heterocycles. The third kappa shape index (κ3) is 2.98. The molecule has 1 heterocycles. The first-order chi connectivity index (χ1) is 10.1. The lowest BCUT2D eigenvalue weighted by Crippen LogP contribution is -2.39. The van der Waals surface area contributed by atoms with Gasteiger partial charge in [-0.3, -0.25) is 10.1 Å². The molecular weight excluding hydrogens is 260 g/mol. The first kappa shape index (κ1) is 14.6. The van der Waals surface area contributed by atoms with E-state index in [1.165, 1.54) is 18.4 Å². The van der Waals surface area contributed by atoms with Crippen molar-refractivity contribution in [2.24, 2.45) is 11.8 Å². The van der Waals surface area contributed by atoms with Gasteiger partial charge < -0.3 is 4.90 Å². The number of hydrogen-bond donors (Lipinski definition) is 1. The van der Waals surface area contributed by atoms with Crippen LogP contribution in [0.4, 0.5) is 0 Å². The summed E-state index contributed by atoms with van der Waals surface area (Å²) in [5, 5.41) is 3.58. The van der Waals surface area contributed by atoms with Crippen molar-refractivity contribution < 1.29 is 4.79 Å². The minimum absolute atomic E-state index is 0.0311. The van der Waals surface area contributed by atoms with Crippen molar-refractivity contribution in [3.8, 4) is 0 Å². The highest BCUT2D eigenvalue weighted by Crippen LogP contribution is 2.40. The van der Waals surface area contributed by atoms with Crippen molar-refractivity contribution in [1.29, 1.82) is 0 Å². The Morgan fingerprint density at radius 2 is 1.86 bits per heavy atom. The predicted octanol–water partition coefficient (Wildman–Crippen LogP) is 3.33. The zero-order valence-corrected chi connectivity index (χ0v) is 13.3. The van der Waals surface area contributed by atoms with E-state index in [0.717, 1.165) is 6.42 Å². The van der Waals surface area contributed by atoms with Crippen LogP contribution in [-0.2, 0) is 4.79 Å². The van der Waals surface area contributed by atoms with E-state index in [9.17, 15) is 4.79 Å². The van der Waals surface area contributed by atoms with Crippen LogP contribution in [0, 0.1) is 11.8 Å². The van der Waals surface area contributed by atoms with Crippen molar-refractivity contribution in [3.05, 3.63) is 35.9 Å². The molecule has 0 aromatic heterocycles. The molecule has 21 heavy (non-hydrogen) atoms. The highest BCUT2D eigenvalue weighted by molar-refractivity contribution is 5.85. The lowest BCUT2D eigenvalue weighted by molar-refractivity contribution is -0.132. The Balaban J connectivity index is 1.86. The van der Waals surface area contributed by atoms with E-state index < -0.39 is 0 Å².